The highest BCUT2D eigenvalue weighted by Gasteiger charge is 2.24. The molecule has 0 fully saturated rings. The number of aryl methyl sites for hydroxylation is 2. The normalized spacial score (nSPS) is 12.1. The number of carbonyl (C=O) groups is 2. The monoisotopic (exact) mass is 385 g/mol. The highest BCUT2D eigenvalue weighted by Crippen LogP contribution is 2.23. The minimum absolute atomic E-state index is 0.0414. The van der Waals surface area contributed by atoms with Gasteiger partial charge in [0.2, 0.25) is 5.91 Å². The van der Waals surface area contributed by atoms with E-state index in [9.17, 15) is 19.5 Å². The molecule has 3 rings (SSSR count). The minimum atomic E-state index is -1.19. The first-order chi connectivity index (χ1) is 12.8. The van der Waals surface area contributed by atoms with Crippen molar-refractivity contribution in [3.63, 3.8) is 0 Å². The number of aromatic carboxylic acids is 1. The molecule has 2 N–H and O–H groups in total. The molecular formula is C19H19N3O4S. The molecule has 1 aromatic carbocycles. The van der Waals surface area contributed by atoms with Gasteiger partial charge in [-0.2, -0.15) is 0 Å². The quantitative estimate of drug-likeness (QED) is 0.702. The molecule has 0 aliphatic rings. The van der Waals surface area contributed by atoms with Crippen LogP contribution in [0, 0.1) is 6.92 Å². The number of benzene rings is 1. The third-order valence-corrected chi connectivity index (χ3v) is 5.22. The van der Waals surface area contributed by atoms with Crippen molar-refractivity contribution >= 4 is 39.1 Å². The highest BCUT2D eigenvalue weighted by molar-refractivity contribution is 7.17. The lowest BCUT2D eigenvalue weighted by atomic mass is 10.2. The number of carboxylic acids is 1. The van der Waals surface area contributed by atoms with Gasteiger partial charge in [0.15, 0.2) is 0 Å². The van der Waals surface area contributed by atoms with Crippen LogP contribution in [0.1, 0.15) is 41.6 Å². The molecule has 27 heavy (non-hydrogen) atoms. The first-order valence-electron chi connectivity index (χ1n) is 8.47. The fourth-order valence-corrected chi connectivity index (χ4v) is 3.77. The number of carbonyl (C=O) groups excluding carboxylic acids is 1. The standard InChI is InChI=1S/C19H19N3O4S/c1-4-14-21-17-15(13(9-27-17)19(25)26)18(24)22(14)11(3)16(23)20-12-7-5-10(2)6-8-12/h5-9,11H,4H2,1-3H3,(H,20,23)(H,25,26). The average Bonchev–Trinajstić information content (AvgIpc) is 3.07. The Balaban J connectivity index is 2.05. The van der Waals surface area contributed by atoms with E-state index in [1.165, 1.54) is 9.95 Å². The second-order valence-electron chi connectivity index (χ2n) is 6.22. The second kappa shape index (κ2) is 7.32. The maximum atomic E-state index is 13.0. The van der Waals surface area contributed by atoms with Crippen LogP contribution in [0.3, 0.4) is 0 Å². The van der Waals surface area contributed by atoms with Crippen LogP contribution < -0.4 is 10.9 Å². The van der Waals surface area contributed by atoms with Gasteiger partial charge in [-0.05, 0) is 26.0 Å². The molecule has 1 atom stereocenters. The van der Waals surface area contributed by atoms with Gasteiger partial charge < -0.3 is 10.4 Å². The highest BCUT2D eigenvalue weighted by atomic mass is 32.1. The molecular weight excluding hydrogens is 366 g/mol. The summed E-state index contributed by atoms with van der Waals surface area (Å²) < 4.78 is 1.28. The van der Waals surface area contributed by atoms with Crippen molar-refractivity contribution in [1.82, 2.24) is 9.55 Å². The van der Waals surface area contributed by atoms with E-state index in [-0.39, 0.29) is 16.9 Å². The number of nitrogens with zero attached hydrogens (tertiary/aromatic N) is 2. The number of rotatable bonds is 5. The number of amides is 1. The van der Waals surface area contributed by atoms with Gasteiger partial charge in [0.25, 0.3) is 5.56 Å². The van der Waals surface area contributed by atoms with Crippen molar-refractivity contribution in [2.75, 3.05) is 5.32 Å². The zero-order valence-electron chi connectivity index (χ0n) is 15.1. The minimum Gasteiger partial charge on any atom is -0.478 e. The van der Waals surface area contributed by atoms with Crippen LogP contribution in [-0.4, -0.2) is 26.5 Å². The molecule has 0 spiro atoms. The Morgan fingerprint density at radius 2 is 1.96 bits per heavy atom. The third-order valence-electron chi connectivity index (χ3n) is 4.35. The van der Waals surface area contributed by atoms with E-state index in [0.29, 0.717) is 22.8 Å². The Morgan fingerprint density at radius 3 is 2.56 bits per heavy atom. The lowest BCUT2D eigenvalue weighted by Gasteiger charge is -2.18. The first-order valence-corrected chi connectivity index (χ1v) is 9.34. The maximum absolute atomic E-state index is 13.0. The molecule has 0 radical (unpaired) electrons. The number of anilines is 1. The summed E-state index contributed by atoms with van der Waals surface area (Å²) in [6.45, 7) is 5.38. The van der Waals surface area contributed by atoms with Crippen molar-refractivity contribution in [2.45, 2.75) is 33.2 Å². The average molecular weight is 385 g/mol. The van der Waals surface area contributed by atoms with Crippen LogP contribution in [0.25, 0.3) is 10.2 Å². The number of fused-ring (bicyclic) bond motifs is 1. The number of hydrogen-bond acceptors (Lipinski definition) is 5. The summed E-state index contributed by atoms with van der Waals surface area (Å²) in [6, 6.07) is 6.48. The number of thiophene rings is 1. The first kappa shape index (κ1) is 18.8. The van der Waals surface area contributed by atoms with E-state index in [2.05, 4.69) is 10.3 Å². The summed E-state index contributed by atoms with van der Waals surface area (Å²) in [4.78, 5) is 41.9. The van der Waals surface area contributed by atoms with Crippen LogP contribution in [0.5, 0.6) is 0 Å². The molecule has 1 amide bonds. The smallest absolute Gasteiger partial charge is 0.337 e. The fourth-order valence-electron chi connectivity index (χ4n) is 2.85. The van der Waals surface area contributed by atoms with Gasteiger partial charge >= 0.3 is 5.97 Å². The molecule has 140 valence electrons. The van der Waals surface area contributed by atoms with E-state index >= 15 is 0 Å². The number of hydrogen-bond donors (Lipinski definition) is 2. The Bertz CT molecular complexity index is 1080. The van der Waals surface area contributed by atoms with Gasteiger partial charge in [-0.25, -0.2) is 9.78 Å². The van der Waals surface area contributed by atoms with Gasteiger partial charge in [-0.1, -0.05) is 24.6 Å². The van der Waals surface area contributed by atoms with E-state index in [1.807, 2.05) is 26.0 Å². The van der Waals surface area contributed by atoms with Crippen LogP contribution in [0.4, 0.5) is 5.69 Å². The van der Waals surface area contributed by atoms with Gasteiger partial charge in [0.05, 0.1) is 10.9 Å². The summed E-state index contributed by atoms with van der Waals surface area (Å²) >= 11 is 1.11. The Labute approximate surface area is 159 Å². The summed E-state index contributed by atoms with van der Waals surface area (Å²) in [5.41, 5.74) is 1.09. The number of aromatic nitrogens is 2. The molecule has 7 nitrogen and oxygen atoms in total. The van der Waals surface area contributed by atoms with E-state index in [0.717, 1.165) is 16.9 Å². The fraction of sp³-hybridized carbons (Fsp3) is 0.263. The lowest BCUT2D eigenvalue weighted by Crippen LogP contribution is -2.34. The number of carboxylic acid groups (broad SMARTS) is 1. The SMILES string of the molecule is CCc1nc2scc(C(=O)O)c2c(=O)n1C(C)C(=O)Nc1ccc(C)cc1. The predicted molar refractivity (Wildman–Crippen MR) is 105 cm³/mol. The van der Waals surface area contributed by atoms with Crippen LogP contribution in [0.15, 0.2) is 34.4 Å². The van der Waals surface area contributed by atoms with Crippen molar-refractivity contribution < 1.29 is 14.7 Å². The molecule has 3 aromatic rings. The second-order valence-corrected chi connectivity index (χ2v) is 7.08. The third kappa shape index (κ3) is 3.48. The zero-order chi connectivity index (χ0) is 19.7. The maximum Gasteiger partial charge on any atom is 0.337 e. The van der Waals surface area contributed by atoms with Gasteiger partial charge in [-0.15, -0.1) is 11.3 Å². The van der Waals surface area contributed by atoms with Gasteiger partial charge in [0, 0.05) is 17.5 Å². The lowest BCUT2D eigenvalue weighted by molar-refractivity contribution is -0.118. The summed E-state index contributed by atoms with van der Waals surface area (Å²) in [5, 5.41) is 13.6. The molecule has 0 aliphatic heterocycles. The topological polar surface area (TPSA) is 101 Å². The number of nitrogens with one attached hydrogen (secondary N) is 1. The molecule has 0 bridgehead atoms. The van der Waals surface area contributed by atoms with Crippen molar-refractivity contribution in [3.8, 4) is 0 Å². The molecule has 0 saturated heterocycles. The van der Waals surface area contributed by atoms with Gasteiger partial charge in [-0.3, -0.25) is 14.2 Å². The zero-order valence-corrected chi connectivity index (χ0v) is 16.0. The summed E-state index contributed by atoms with van der Waals surface area (Å²) in [5.74, 6) is -1.12. The molecule has 1 unspecified atom stereocenters. The van der Waals surface area contributed by atoms with Gasteiger partial charge in [0.1, 0.15) is 16.7 Å². The molecule has 0 saturated carbocycles. The van der Waals surface area contributed by atoms with E-state index in [1.54, 1.807) is 19.1 Å². The predicted octanol–water partition coefficient (Wildman–Crippen LogP) is 3.23. The Morgan fingerprint density at radius 1 is 1.30 bits per heavy atom. The molecule has 8 heteroatoms. The Hall–Kier alpha value is -3.00. The van der Waals surface area contributed by atoms with Crippen LogP contribution in [0.2, 0.25) is 0 Å². The van der Waals surface area contributed by atoms with Crippen LogP contribution in [-0.2, 0) is 11.2 Å². The van der Waals surface area contributed by atoms with Crippen molar-refractivity contribution in [1.29, 1.82) is 0 Å². The van der Waals surface area contributed by atoms with Crippen molar-refractivity contribution in [3.05, 3.63) is 57.0 Å². The summed E-state index contributed by atoms with van der Waals surface area (Å²) in [7, 11) is 0. The van der Waals surface area contributed by atoms with Crippen molar-refractivity contribution in [2.24, 2.45) is 0 Å². The van der Waals surface area contributed by atoms with E-state index in [4.69, 9.17) is 0 Å². The Kier molecular flexibility index (Phi) is 5.09. The molecule has 2 aromatic heterocycles. The van der Waals surface area contributed by atoms with Crippen LogP contribution >= 0.6 is 11.3 Å². The van der Waals surface area contributed by atoms with E-state index < -0.39 is 17.6 Å². The largest absolute Gasteiger partial charge is 0.478 e. The molecule has 2 heterocycles. The molecule has 0 aliphatic carbocycles. The summed E-state index contributed by atoms with van der Waals surface area (Å²) in [6.07, 6.45) is 0.438.